The van der Waals surface area contributed by atoms with Gasteiger partial charge >= 0.3 is 12.1 Å². The molecule has 29 heavy (non-hydrogen) atoms. The summed E-state index contributed by atoms with van der Waals surface area (Å²) >= 11 is 0. The second-order valence-corrected chi connectivity index (χ2v) is 7.06. The number of aliphatic carboxylic acids is 1. The summed E-state index contributed by atoms with van der Waals surface area (Å²) in [6.45, 7) is 0.137. The van der Waals surface area contributed by atoms with Crippen LogP contribution in [0.25, 0.3) is 11.1 Å². The molecule has 1 aliphatic carbocycles. The molecule has 1 heterocycles. The Labute approximate surface area is 168 Å². The Bertz CT molecular complexity index is 1010. The van der Waals surface area contributed by atoms with Gasteiger partial charge in [-0.15, -0.1) is 0 Å². The quantitative estimate of drug-likeness (QED) is 0.674. The van der Waals surface area contributed by atoms with Crippen molar-refractivity contribution >= 4 is 12.1 Å². The summed E-state index contributed by atoms with van der Waals surface area (Å²) in [5.74, 6) is -1.20. The maximum absolute atomic E-state index is 12.3. The van der Waals surface area contributed by atoms with Gasteiger partial charge in [0.15, 0.2) is 0 Å². The van der Waals surface area contributed by atoms with Crippen LogP contribution in [0.1, 0.15) is 22.7 Å². The number of carboxylic acids is 1. The smallest absolute Gasteiger partial charge is 0.407 e. The maximum atomic E-state index is 12.3. The standard InChI is InChI=1S/C22H21N3O4/c1-25-13-23-11-14(25)10-20(21(26)27)24-22(28)29-12-19-17-8-4-2-6-15(17)16-7-3-5-9-18(16)19/h2-9,11,13,19-20H,10,12H2,1H3,(H,24,28)(H,26,27). The van der Waals surface area contributed by atoms with Gasteiger partial charge in [-0.2, -0.15) is 0 Å². The van der Waals surface area contributed by atoms with Gasteiger partial charge in [0, 0.05) is 31.3 Å². The molecule has 1 unspecified atom stereocenters. The fourth-order valence-corrected chi connectivity index (χ4v) is 3.77. The van der Waals surface area contributed by atoms with Crippen LogP contribution < -0.4 is 5.32 Å². The Morgan fingerprint density at radius 2 is 1.76 bits per heavy atom. The molecule has 0 saturated heterocycles. The van der Waals surface area contributed by atoms with Crippen molar-refractivity contribution in [3.05, 3.63) is 77.9 Å². The number of imidazole rings is 1. The third-order valence-electron chi connectivity index (χ3n) is 5.26. The molecular weight excluding hydrogens is 370 g/mol. The summed E-state index contributed by atoms with van der Waals surface area (Å²) in [6, 6.07) is 15.0. The molecule has 0 spiro atoms. The molecule has 0 fully saturated rings. The molecule has 0 radical (unpaired) electrons. The predicted molar refractivity (Wildman–Crippen MR) is 107 cm³/mol. The number of carboxylic acid groups (broad SMARTS) is 1. The predicted octanol–water partition coefficient (Wildman–Crippen LogP) is 2.95. The van der Waals surface area contributed by atoms with Crippen molar-refractivity contribution in [3.8, 4) is 11.1 Å². The molecule has 0 saturated carbocycles. The van der Waals surface area contributed by atoms with Crippen LogP contribution in [0.5, 0.6) is 0 Å². The zero-order valence-corrected chi connectivity index (χ0v) is 15.9. The Hall–Kier alpha value is -3.61. The van der Waals surface area contributed by atoms with E-state index in [9.17, 15) is 14.7 Å². The first-order valence-electron chi connectivity index (χ1n) is 9.34. The molecule has 0 bridgehead atoms. The van der Waals surface area contributed by atoms with Gasteiger partial charge in [0.05, 0.1) is 6.33 Å². The van der Waals surface area contributed by atoms with Crippen LogP contribution in [-0.2, 0) is 23.0 Å². The van der Waals surface area contributed by atoms with Crippen LogP contribution in [0.2, 0.25) is 0 Å². The normalized spacial score (nSPS) is 13.4. The van der Waals surface area contributed by atoms with E-state index in [0.29, 0.717) is 5.69 Å². The molecule has 4 rings (SSSR count). The molecular formula is C22H21N3O4. The highest BCUT2D eigenvalue weighted by molar-refractivity contribution is 5.81. The van der Waals surface area contributed by atoms with Crippen molar-refractivity contribution in [2.45, 2.75) is 18.4 Å². The van der Waals surface area contributed by atoms with Crippen molar-refractivity contribution in [1.82, 2.24) is 14.9 Å². The largest absolute Gasteiger partial charge is 0.480 e. The van der Waals surface area contributed by atoms with E-state index in [-0.39, 0.29) is 18.9 Å². The highest BCUT2D eigenvalue weighted by atomic mass is 16.5. The van der Waals surface area contributed by atoms with E-state index in [2.05, 4.69) is 22.4 Å². The topological polar surface area (TPSA) is 93.5 Å². The highest BCUT2D eigenvalue weighted by Crippen LogP contribution is 2.44. The van der Waals surface area contributed by atoms with Crippen LogP contribution in [0.4, 0.5) is 4.79 Å². The summed E-state index contributed by atoms with van der Waals surface area (Å²) in [4.78, 5) is 27.9. The van der Waals surface area contributed by atoms with Crippen LogP contribution in [0.3, 0.4) is 0 Å². The number of carbonyl (C=O) groups is 2. The van der Waals surface area contributed by atoms with Crippen LogP contribution >= 0.6 is 0 Å². The number of hydrogen-bond acceptors (Lipinski definition) is 4. The van der Waals surface area contributed by atoms with Gasteiger partial charge in [-0.3, -0.25) is 0 Å². The number of nitrogens with one attached hydrogen (secondary N) is 1. The molecule has 1 aromatic heterocycles. The molecule has 7 nitrogen and oxygen atoms in total. The number of ether oxygens (including phenoxy) is 1. The van der Waals surface area contributed by atoms with E-state index in [1.54, 1.807) is 24.1 Å². The Morgan fingerprint density at radius 3 is 2.31 bits per heavy atom. The van der Waals surface area contributed by atoms with E-state index in [0.717, 1.165) is 22.3 Å². The number of alkyl carbamates (subject to hydrolysis) is 1. The van der Waals surface area contributed by atoms with E-state index in [4.69, 9.17) is 4.74 Å². The number of benzene rings is 2. The van der Waals surface area contributed by atoms with Gasteiger partial charge in [-0.05, 0) is 22.3 Å². The summed E-state index contributed by atoms with van der Waals surface area (Å²) < 4.78 is 7.15. The van der Waals surface area contributed by atoms with Crippen LogP contribution in [0.15, 0.2) is 61.1 Å². The van der Waals surface area contributed by atoms with Crippen molar-refractivity contribution < 1.29 is 19.4 Å². The van der Waals surface area contributed by atoms with Crippen molar-refractivity contribution in [3.63, 3.8) is 0 Å². The number of fused-ring (bicyclic) bond motifs is 3. The van der Waals surface area contributed by atoms with Gasteiger partial charge in [0.25, 0.3) is 0 Å². The Kier molecular flexibility index (Phi) is 5.03. The van der Waals surface area contributed by atoms with Crippen molar-refractivity contribution in [2.75, 3.05) is 6.61 Å². The number of amides is 1. The highest BCUT2D eigenvalue weighted by Gasteiger charge is 2.30. The SMILES string of the molecule is Cn1cncc1CC(NC(=O)OCC1c2ccccc2-c2ccccc21)C(=O)O. The van der Waals surface area contributed by atoms with Crippen LogP contribution in [-0.4, -0.2) is 39.4 Å². The molecule has 1 atom stereocenters. The van der Waals surface area contributed by atoms with Crippen molar-refractivity contribution in [1.29, 1.82) is 0 Å². The first kappa shape index (κ1) is 18.7. The lowest BCUT2D eigenvalue weighted by Gasteiger charge is -2.17. The maximum Gasteiger partial charge on any atom is 0.407 e. The second kappa shape index (κ2) is 7.79. The molecule has 0 aliphatic heterocycles. The number of nitrogens with zero attached hydrogens (tertiary/aromatic N) is 2. The molecule has 2 aromatic carbocycles. The first-order valence-corrected chi connectivity index (χ1v) is 9.34. The molecule has 148 valence electrons. The molecule has 1 aliphatic rings. The third kappa shape index (κ3) is 3.71. The fourth-order valence-electron chi connectivity index (χ4n) is 3.77. The minimum Gasteiger partial charge on any atom is -0.480 e. The monoisotopic (exact) mass is 391 g/mol. The van der Waals surface area contributed by atoms with Gasteiger partial charge in [-0.1, -0.05) is 48.5 Å². The number of hydrogen-bond donors (Lipinski definition) is 2. The minimum absolute atomic E-state index is 0.0755. The number of carbonyl (C=O) groups excluding carboxylic acids is 1. The summed E-state index contributed by atoms with van der Waals surface area (Å²) in [7, 11) is 1.77. The van der Waals surface area contributed by atoms with Crippen LogP contribution in [0, 0.1) is 0 Å². The van der Waals surface area contributed by atoms with Gasteiger partial charge in [0.1, 0.15) is 12.6 Å². The lowest BCUT2D eigenvalue weighted by Crippen LogP contribution is -2.43. The zero-order chi connectivity index (χ0) is 20.4. The third-order valence-corrected chi connectivity index (χ3v) is 5.26. The molecule has 1 amide bonds. The number of rotatable bonds is 6. The van der Waals surface area contributed by atoms with E-state index >= 15 is 0 Å². The summed E-state index contributed by atoms with van der Waals surface area (Å²) in [5, 5.41) is 11.9. The van der Waals surface area contributed by atoms with E-state index in [1.807, 2.05) is 36.4 Å². The molecule has 7 heteroatoms. The average Bonchev–Trinajstić information content (AvgIpc) is 3.27. The lowest BCUT2D eigenvalue weighted by atomic mass is 9.98. The van der Waals surface area contributed by atoms with Crippen molar-refractivity contribution in [2.24, 2.45) is 7.05 Å². The number of aromatic nitrogens is 2. The summed E-state index contributed by atoms with van der Waals surface area (Å²) in [6.07, 6.45) is 2.54. The van der Waals surface area contributed by atoms with Gasteiger partial charge < -0.3 is 19.7 Å². The van der Waals surface area contributed by atoms with Gasteiger partial charge in [0.2, 0.25) is 0 Å². The zero-order valence-electron chi connectivity index (χ0n) is 15.9. The van der Waals surface area contributed by atoms with Gasteiger partial charge in [-0.25, -0.2) is 14.6 Å². The first-order chi connectivity index (χ1) is 14.0. The Morgan fingerprint density at radius 1 is 1.14 bits per heavy atom. The minimum atomic E-state index is -1.13. The summed E-state index contributed by atoms with van der Waals surface area (Å²) in [5.41, 5.74) is 5.18. The fraction of sp³-hybridized carbons (Fsp3) is 0.227. The van der Waals surface area contributed by atoms with E-state index < -0.39 is 18.1 Å². The molecule has 3 aromatic rings. The molecule has 2 N–H and O–H groups in total. The van der Waals surface area contributed by atoms with E-state index in [1.165, 1.54) is 0 Å². The average molecular weight is 391 g/mol. The Balaban J connectivity index is 1.44. The number of aryl methyl sites for hydroxylation is 1. The lowest BCUT2D eigenvalue weighted by molar-refractivity contribution is -0.139. The second-order valence-electron chi connectivity index (χ2n) is 7.06.